The van der Waals surface area contributed by atoms with E-state index in [-0.39, 0.29) is 5.91 Å². The molecule has 1 aliphatic rings. The zero-order valence-corrected chi connectivity index (χ0v) is 16.9. The average molecular weight is 407 g/mol. The predicted octanol–water partition coefficient (Wildman–Crippen LogP) is 5.43. The van der Waals surface area contributed by atoms with E-state index in [0.717, 1.165) is 30.2 Å². The van der Waals surface area contributed by atoms with Crippen molar-refractivity contribution in [3.05, 3.63) is 71.2 Å². The fourth-order valence-corrected chi connectivity index (χ4v) is 3.63. The van der Waals surface area contributed by atoms with Gasteiger partial charge in [-0.05, 0) is 61.4 Å². The fourth-order valence-electron chi connectivity index (χ4n) is 3.51. The molecule has 0 aliphatic carbocycles. The van der Waals surface area contributed by atoms with Gasteiger partial charge in [-0.3, -0.25) is 4.79 Å². The highest BCUT2D eigenvalue weighted by Gasteiger charge is 2.12. The number of aromatic nitrogens is 2. The number of carbonyl (C=O) groups excluding carboxylic acids is 1. The van der Waals surface area contributed by atoms with Gasteiger partial charge < -0.3 is 10.2 Å². The van der Waals surface area contributed by atoms with Gasteiger partial charge in [0.2, 0.25) is 0 Å². The first-order valence-corrected chi connectivity index (χ1v) is 10.3. The Balaban J connectivity index is 1.48. The smallest absolute Gasteiger partial charge is 0.255 e. The van der Waals surface area contributed by atoms with Gasteiger partial charge in [0.25, 0.3) is 5.91 Å². The molecular formula is C23H23ClN4O. The molecule has 0 atom stereocenters. The van der Waals surface area contributed by atoms with Crippen LogP contribution in [-0.2, 0) is 0 Å². The van der Waals surface area contributed by atoms with E-state index in [2.05, 4.69) is 20.4 Å². The van der Waals surface area contributed by atoms with E-state index in [0.29, 0.717) is 16.3 Å². The molecule has 1 fully saturated rings. The minimum atomic E-state index is -0.179. The van der Waals surface area contributed by atoms with Crippen molar-refractivity contribution in [3.8, 4) is 11.3 Å². The summed E-state index contributed by atoms with van der Waals surface area (Å²) in [6, 6.07) is 18.5. The summed E-state index contributed by atoms with van der Waals surface area (Å²) in [5.41, 5.74) is 2.96. The zero-order chi connectivity index (χ0) is 20.1. The van der Waals surface area contributed by atoms with Crippen molar-refractivity contribution in [1.29, 1.82) is 0 Å². The molecule has 0 spiro atoms. The van der Waals surface area contributed by atoms with Gasteiger partial charge in [-0.1, -0.05) is 36.6 Å². The lowest BCUT2D eigenvalue weighted by molar-refractivity contribution is 0.102. The van der Waals surface area contributed by atoms with E-state index in [1.165, 1.54) is 25.7 Å². The summed E-state index contributed by atoms with van der Waals surface area (Å²) in [4.78, 5) is 14.7. The highest BCUT2D eigenvalue weighted by molar-refractivity contribution is 6.30. The number of hydrogen-bond acceptors (Lipinski definition) is 4. The summed E-state index contributed by atoms with van der Waals surface area (Å²) in [7, 11) is 0. The van der Waals surface area contributed by atoms with Crippen LogP contribution in [0.1, 0.15) is 36.0 Å². The van der Waals surface area contributed by atoms with Crippen molar-refractivity contribution in [2.45, 2.75) is 25.7 Å². The highest BCUT2D eigenvalue weighted by atomic mass is 35.5. The average Bonchev–Trinajstić information content (AvgIpc) is 3.04. The third kappa shape index (κ3) is 4.93. The van der Waals surface area contributed by atoms with Crippen LogP contribution >= 0.6 is 11.6 Å². The number of amides is 1. The summed E-state index contributed by atoms with van der Waals surface area (Å²) in [6.07, 6.45) is 4.99. The molecule has 4 rings (SSSR count). The molecule has 1 aliphatic heterocycles. The first-order valence-electron chi connectivity index (χ1n) is 9.95. The Morgan fingerprint density at radius 2 is 1.66 bits per heavy atom. The molecule has 148 valence electrons. The molecule has 2 heterocycles. The van der Waals surface area contributed by atoms with Gasteiger partial charge in [0.05, 0.1) is 5.69 Å². The molecule has 0 bridgehead atoms. The summed E-state index contributed by atoms with van der Waals surface area (Å²) < 4.78 is 0. The Hall–Kier alpha value is -2.92. The lowest BCUT2D eigenvalue weighted by atomic mass is 10.1. The first kappa shape index (κ1) is 19.4. The van der Waals surface area contributed by atoms with E-state index >= 15 is 0 Å². The Morgan fingerprint density at radius 1 is 0.897 bits per heavy atom. The molecule has 29 heavy (non-hydrogen) atoms. The SMILES string of the molecule is O=C(Nc1cccc(-c2ccc(N3CCCCCC3)nn2)c1)c1ccc(Cl)cc1. The number of hydrogen-bond donors (Lipinski definition) is 1. The molecule has 5 nitrogen and oxygen atoms in total. The summed E-state index contributed by atoms with van der Waals surface area (Å²) in [6.45, 7) is 2.08. The van der Waals surface area contributed by atoms with E-state index in [9.17, 15) is 4.79 Å². The lowest BCUT2D eigenvalue weighted by Gasteiger charge is -2.20. The van der Waals surface area contributed by atoms with Crippen LogP contribution in [0.3, 0.4) is 0 Å². The molecule has 3 aromatic rings. The zero-order valence-electron chi connectivity index (χ0n) is 16.1. The summed E-state index contributed by atoms with van der Waals surface area (Å²) >= 11 is 5.89. The second kappa shape index (κ2) is 9.05. The van der Waals surface area contributed by atoms with Crippen LogP contribution in [0.2, 0.25) is 5.02 Å². The molecular weight excluding hydrogens is 384 g/mol. The standard InChI is InChI=1S/C23H23ClN4O/c24-19-10-8-17(9-11-19)23(29)25-20-7-5-6-18(16-20)21-12-13-22(27-26-21)28-14-3-1-2-4-15-28/h5-13,16H,1-4,14-15H2,(H,25,29). The largest absolute Gasteiger partial charge is 0.355 e. The van der Waals surface area contributed by atoms with Gasteiger partial charge in [-0.25, -0.2) is 0 Å². The Morgan fingerprint density at radius 3 is 2.34 bits per heavy atom. The molecule has 6 heteroatoms. The van der Waals surface area contributed by atoms with Crippen LogP contribution in [0.25, 0.3) is 11.3 Å². The van der Waals surface area contributed by atoms with Crippen molar-refractivity contribution < 1.29 is 4.79 Å². The molecule has 1 aromatic heterocycles. The minimum absolute atomic E-state index is 0.179. The molecule has 1 N–H and O–H groups in total. The number of rotatable bonds is 4. The maximum atomic E-state index is 12.4. The van der Waals surface area contributed by atoms with Crippen LogP contribution in [0.4, 0.5) is 11.5 Å². The minimum Gasteiger partial charge on any atom is -0.355 e. The number of nitrogens with zero attached hydrogens (tertiary/aromatic N) is 3. The van der Waals surface area contributed by atoms with Gasteiger partial charge in [0.15, 0.2) is 5.82 Å². The van der Waals surface area contributed by atoms with Gasteiger partial charge in [-0.2, -0.15) is 0 Å². The van der Waals surface area contributed by atoms with Crippen LogP contribution < -0.4 is 10.2 Å². The van der Waals surface area contributed by atoms with Crippen LogP contribution in [-0.4, -0.2) is 29.2 Å². The molecule has 1 saturated heterocycles. The Bertz CT molecular complexity index is 965. The number of anilines is 2. The topological polar surface area (TPSA) is 58.1 Å². The number of nitrogens with one attached hydrogen (secondary N) is 1. The third-order valence-corrected chi connectivity index (χ3v) is 5.36. The normalized spacial score (nSPS) is 14.3. The highest BCUT2D eigenvalue weighted by Crippen LogP contribution is 2.23. The second-order valence-corrected chi connectivity index (χ2v) is 7.66. The quantitative estimate of drug-likeness (QED) is 0.627. The van der Waals surface area contributed by atoms with Gasteiger partial charge in [0, 0.05) is 34.9 Å². The first-order chi connectivity index (χ1) is 14.2. The van der Waals surface area contributed by atoms with Crippen molar-refractivity contribution in [2.75, 3.05) is 23.3 Å². The van der Waals surface area contributed by atoms with Crippen LogP contribution in [0.5, 0.6) is 0 Å². The predicted molar refractivity (Wildman–Crippen MR) is 118 cm³/mol. The number of carbonyl (C=O) groups is 1. The maximum absolute atomic E-state index is 12.4. The van der Waals surface area contributed by atoms with Crippen LogP contribution in [0.15, 0.2) is 60.7 Å². The monoisotopic (exact) mass is 406 g/mol. The molecule has 0 radical (unpaired) electrons. The fraction of sp³-hybridized carbons (Fsp3) is 0.261. The van der Waals surface area contributed by atoms with Crippen molar-refractivity contribution in [2.24, 2.45) is 0 Å². The van der Waals surface area contributed by atoms with E-state index < -0.39 is 0 Å². The van der Waals surface area contributed by atoms with Crippen molar-refractivity contribution in [3.63, 3.8) is 0 Å². The molecule has 0 unspecified atom stereocenters. The molecule has 2 aromatic carbocycles. The number of halogens is 1. The van der Waals surface area contributed by atoms with E-state index in [1.54, 1.807) is 24.3 Å². The van der Waals surface area contributed by atoms with Gasteiger partial charge >= 0.3 is 0 Å². The summed E-state index contributed by atoms with van der Waals surface area (Å²) in [5.74, 6) is 0.754. The summed E-state index contributed by atoms with van der Waals surface area (Å²) in [5, 5.41) is 12.4. The van der Waals surface area contributed by atoms with Crippen molar-refractivity contribution in [1.82, 2.24) is 10.2 Å². The maximum Gasteiger partial charge on any atom is 0.255 e. The Kier molecular flexibility index (Phi) is 6.06. The van der Waals surface area contributed by atoms with Gasteiger partial charge in [-0.15, -0.1) is 10.2 Å². The molecule has 0 saturated carbocycles. The van der Waals surface area contributed by atoms with Crippen LogP contribution in [0, 0.1) is 0 Å². The molecule has 1 amide bonds. The van der Waals surface area contributed by atoms with Gasteiger partial charge in [0.1, 0.15) is 0 Å². The van der Waals surface area contributed by atoms with E-state index in [4.69, 9.17) is 11.6 Å². The number of benzene rings is 2. The van der Waals surface area contributed by atoms with E-state index in [1.807, 2.05) is 36.4 Å². The Labute approximate surface area is 175 Å². The lowest BCUT2D eigenvalue weighted by Crippen LogP contribution is -2.25. The van der Waals surface area contributed by atoms with Crippen molar-refractivity contribution >= 4 is 29.0 Å². The third-order valence-electron chi connectivity index (χ3n) is 5.10. The second-order valence-electron chi connectivity index (χ2n) is 7.22.